The molecule has 5 heteroatoms. The Hall–Kier alpha value is -2.30. The van der Waals surface area contributed by atoms with Crippen molar-refractivity contribution >= 4 is 18.0 Å². The van der Waals surface area contributed by atoms with Crippen molar-refractivity contribution in [3.05, 3.63) is 35.9 Å². The van der Waals surface area contributed by atoms with Crippen LogP contribution in [0.5, 0.6) is 5.75 Å². The van der Waals surface area contributed by atoms with Crippen LogP contribution in [-0.4, -0.2) is 44.6 Å². The van der Waals surface area contributed by atoms with Gasteiger partial charge in [-0.2, -0.15) is 0 Å². The normalized spacial score (nSPS) is 12.0. The van der Waals surface area contributed by atoms with Crippen LogP contribution in [0.3, 0.4) is 0 Å². The molecule has 0 saturated heterocycles. The molecule has 1 rings (SSSR count). The zero-order chi connectivity index (χ0) is 15.8. The molecule has 1 aromatic carbocycles. The molecule has 0 radical (unpaired) electrons. The van der Waals surface area contributed by atoms with E-state index in [2.05, 4.69) is 4.74 Å². The predicted molar refractivity (Wildman–Crippen MR) is 80.8 cm³/mol. The quantitative estimate of drug-likeness (QED) is 0.594. The monoisotopic (exact) mass is 291 g/mol. The SMILES string of the molecule is COC(=O)C(C)CN(C)C(=O)C=Cc1cccc(OC)c1. The molecule has 1 unspecified atom stereocenters. The van der Waals surface area contributed by atoms with E-state index in [1.807, 2.05) is 24.3 Å². The Kier molecular flexibility index (Phi) is 6.46. The van der Waals surface area contributed by atoms with Crippen molar-refractivity contribution < 1.29 is 19.1 Å². The summed E-state index contributed by atoms with van der Waals surface area (Å²) in [5, 5.41) is 0. The highest BCUT2D eigenvalue weighted by atomic mass is 16.5. The Morgan fingerprint density at radius 1 is 1.33 bits per heavy atom. The van der Waals surface area contributed by atoms with Gasteiger partial charge in [-0.25, -0.2) is 0 Å². The summed E-state index contributed by atoms with van der Waals surface area (Å²) in [6.07, 6.45) is 3.18. The van der Waals surface area contributed by atoms with E-state index in [4.69, 9.17) is 4.74 Å². The van der Waals surface area contributed by atoms with Crippen molar-refractivity contribution in [1.29, 1.82) is 0 Å². The van der Waals surface area contributed by atoms with Crippen molar-refractivity contribution in [2.24, 2.45) is 5.92 Å². The molecule has 21 heavy (non-hydrogen) atoms. The smallest absolute Gasteiger partial charge is 0.310 e. The molecule has 0 aliphatic carbocycles. The lowest BCUT2D eigenvalue weighted by Crippen LogP contribution is -2.33. The molecule has 0 aliphatic heterocycles. The fourth-order valence-electron chi connectivity index (χ4n) is 1.82. The van der Waals surface area contributed by atoms with Crippen LogP contribution in [0, 0.1) is 5.92 Å². The minimum Gasteiger partial charge on any atom is -0.497 e. The maximum Gasteiger partial charge on any atom is 0.310 e. The number of rotatable bonds is 6. The topological polar surface area (TPSA) is 55.8 Å². The van der Waals surface area contributed by atoms with Crippen LogP contribution in [0.4, 0.5) is 0 Å². The standard InChI is InChI=1S/C16H21NO4/c1-12(16(19)21-4)11-17(2)15(18)9-8-13-6-5-7-14(10-13)20-3/h5-10,12H,11H2,1-4H3. The first-order chi connectivity index (χ1) is 9.97. The summed E-state index contributed by atoms with van der Waals surface area (Å²) in [6.45, 7) is 2.04. The average Bonchev–Trinajstić information content (AvgIpc) is 2.51. The average molecular weight is 291 g/mol. The Morgan fingerprint density at radius 2 is 2.05 bits per heavy atom. The van der Waals surface area contributed by atoms with Crippen LogP contribution >= 0.6 is 0 Å². The van der Waals surface area contributed by atoms with Gasteiger partial charge in [0.25, 0.3) is 0 Å². The molecule has 1 atom stereocenters. The molecule has 1 amide bonds. The Morgan fingerprint density at radius 3 is 2.67 bits per heavy atom. The summed E-state index contributed by atoms with van der Waals surface area (Å²) in [6, 6.07) is 7.40. The lowest BCUT2D eigenvalue weighted by molar-refractivity contribution is -0.145. The first-order valence-electron chi connectivity index (χ1n) is 6.63. The van der Waals surface area contributed by atoms with E-state index < -0.39 is 0 Å². The zero-order valence-electron chi connectivity index (χ0n) is 12.8. The summed E-state index contributed by atoms with van der Waals surface area (Å²) in [5.41, 5.74) is 0.872. The summed E-state index contributed by atoms with van der Waals surface area (Å²) in [5.74, 6) is -0.119. The molecule has 0 heterocycles. The predicted octanol–water partition coefficient (Wildman–Crippen LogP) is 1.98. The maximum absolute atomic E-state index is 12.0. The number of methoxy groups -OCH3 is 2. The molecule has 5 nitrogen and oxygen atoms in total. The van der Waals surface area contributed by atoms with E-state index in [-0.39, 0.29) is 17.8 Å². The van der Waals surface area contributed by atoms with Crippen molar-refractivity contribution in [3.63, 3.8) is 0 Å². The number of esters is 1. The molecular weight excluding hydrogens is 270 g/mol. The first kappa shape index (κ1) is 16.8. The largest absolute Gasteiger partial charge is 0.497 e. The fourth-order valence-corrected chi connectivity index (χ4v) is 1.82. The fraction of sp³-hybridized carbons (Fsp3) is 0.375. The minimum absolute atomic E-state index is 0.173. The van der Waals surface area contributed by atoms with Gasteiger partial charge in [0.1, 0.15) is 5.75 Å². The van der Waals surface area contributed by atoms with Gasteiger partial charge in [-0.05, 0) is 23.8 Å². The van der Waals surface area contributed by atoms with Crippen molar-refractivity contribution in [1.82, 2.24) is 4.90 Å². The van der Waals surface area contributed by atoms with Crippen LogP contribution in [0.15, 0.2) is 30.3 Å². The van der Waals surface area contributed by atoms with E-state index in [0.717, 1.165) is 11.3 Å². The van der Waals surface area contributed by atoms with Crippen molar-refractivity contribution in [2.75, 3.05) is 27.8 Å². The van der Waals surface area contributed by atoms with Crippen molar-refractivity contribution in [2.45, 2.75) is 6.92 Å². The highest BCUT2D eigenvalue weighted by Gasteiger charge is 2.17. The number of hydrogen-bond donors (Lipinski definition) is 0. The van der Waals surface area contributed by atoms with Gasteiger partial charge in [0.05, 0.1) is 20.1 Å². The molecule has 114 valence electrons. The van der Waals surface area contributed by atoms with Crippen LogP contribution in [-0.2, 0) is 14.3 Å². The lowest BCUT2D eigenvalue weighted by Gasteiger charge is -2.18. The van der Waals surface area contributed by atoms with Gasteiger partial charge in [-0.15, -0.1) is 0 Å². The number of carbonyl (C=O) groups is 2. The van der Waals surface area contributed by atoms with Crippen LogP contribution in [0.1, 0.15) is 12.5 Å². The Bertz CT molecular complexity index is 525. The second-order valence-electron chi connectivity index (χ2n) is 4.75. The van der Waals surface area contributed by atoms with Crippen LogP contribution in [0.2, 0.25) is 0 Å². The van der Waals surface area contributed by atoms with E-state index in [9.17, 15) is 9.59 Å². The molecule has 0 fully saturated rings. The molecule has 0 saturated carbocycles. The third kappa shape index (κ3) is 5.30. The molecule has 0 spiro atoms. The highest BCUT2D eigenvalue weighted by Crippen LogP contribution is 2.13. The third-order valence-electron chi connectivity index (χ3n) is 3.04. The van der Waals surface area contributed by atoms with Gasteiger partial charge in [-0.3, -0.25) is 9.59 Å². The Balaban J connectivity index is 2.62. The van der Waals surface area contributed by atoms with E-state index in [0.29, 0.717) is 6.54 Å². The summed E-state index contributed by atoms with van der Waals surface area (Å²) < 4.78 is 9.76. The van der Waals surface area contributed by atoms with Gasteiger partial charge < -0.3 is 14.4 Å². The number of benzene rings is 1. The maximum atomic E-state index is 12.0. The molecule has 0 bridgehead atoms. The molecular formula is C16H21NO4. The Labute approximate surface area is 125 Å². The van der Waals surface area contributed by atoms with Crippen LogP contribution < -0.4 is 4.74 Å². The second-order valence-corrected chi connectivity index (χ2v) is 4.75. The van der Waals surface area contributed by atoms with E-state index in [1.165, 1.54) is 18.1 Å². The summed E-state index contributed by atoms with van der Waals surface area (Å²) >= 11 is 0. The molecule has 0 aromatic heterocycles. The molecule has 0 N–H and O–H groups in total. The van der Waals surface area contributed by atoms with E-state index >= 15 is 0 Å². The third-order valence-corrected chi connectivity index (χ3v) is 3.04. The van der Waals surface area contributed by atoms with Gasteiger partial charge in [0.15, 0.2) is 0 Å². The van der Waals surface area contributed by atoms with Crippen LogP contribution in [0.25, 0.3) is 6.08 Å². The number of amides is 1. The van der Waals surface area contributed by atoms with Crippen molar-refractivity contribution in [3.8, 4) is 5.75 Å². The number of carbonyl (C=O) groups excluding carboxylic acids is 2. The summed E-state index contributed by atoms with van der Waals surface area (Å²) in [4.78, 5) is 24.8. The number of nitrogens with zero attached hydrogens (tertiary/aromatic N) is 1. The summed E-state index contributed by atoms with van der Waals surface area (Å²) in [7, 11) is 4.58. The zero-order valence-corrected chi connectivity index (χ0v) is 12.8. The van der Waals surface area contributed by atoms with Gasteiger partial charge in [-0.1, -0.05) is 19.1 Å². The number of ether oxygens (including phenoxy) is 2. The van der Waals surface area contributed by atoms with Gasteiger partial charge >= 0.3 is 5.97 Å². The first-order valence-corrected chi connectivity index (χ1v) is 6.63. The minimum atomic E-state index is -0.353. The second kappa shape index (κ2) is 8.09. The number of likely N-dealkylation sites (N-methyl/N-ethyl adjacent to an activating group) is 1. The van der Waals surface area contributed by atoms with Gasteiger partial charge in [0, 0.05) is 19.7 Å². The molecule has 1 aromatic rings. The molecule has 0 aliphatic rings. The van der Waals surface area contributed by atoms with E-state index in [1.54, 1.807) is 27.2 Å². The number of hydrogen-bond acceptors (Lipinski definition) is 4. The highest BCUT2D eigenvalue weighted by molar-refractivity contribution is 5.91. The lowest BCUT2D eigenvalue weighted by atomic mass is 10.1. The van der Waals surface area contributed by atoms with Gasteiger partial charge in [0.2, 0.25) is 5.91 Å².